The SMILES string of the molecule is COCCC(=O)c1ccc(Oc2ccccc2)cc1C. The molecule has 0 saturated heterocycles. The Bertz CT molecular complexity index is 576. The van der Waals surface area contributed by atoms with Gasteiger partial charge in [-0.2, -0.15) is 0 Å². The van der Waals surface area contributed by atoms with Crippen LogP contribution in [-0.4, -0.2) is 19.5 Å². The normalized spacial score (nSPS) is 10.3. The van der Waals surface area contributed by atoms with Crippen LogP contribution >= 0.6 is 0 Å². The summed E-state index contributed by atoms with van der Waals surface area (Å²) in [5.74, 6) is 1.61. The standard InChI is InChI=1S/C17H18O3/c1-13-12-15(20-14-6-4-3-5-7-14)8-9-16(13)17(18)10-11-19-2/h3-9,12H,10-11H2,1-2H3. The zero-order valence-corrected chi connectivity index (χ0v) is 11.8. The first kappa shape index (κ1) is 14.3. The lowest BCUT2D eigenvalue weighted by Crippen LogP contribution is -2.05. The number of hydrogen-bond donors (Lipinski definition) is 0. The molecule has 0 bridgehead atoms. The molecule has 104 valence electrons. The van der Waals surface area contributed by atoms with Crippen LogP contribution in [0.5, 0.6) is 11.5 Å². The minimum atomic E-state index is 0.0932. The molecule has 0 saturated carbocycles. The number of aryl methyl sites for hydroxylation is 1. The van der Waals surface area contributed by atoms with E-state index in [-0.39, 0.29) is 5.78 Å². The van der Waals surface area contributed by atoms with Crippen molar-refractivity contribution in [3.8, 4) is 11.5 Å². The molecule has 0 radical (unpaired) electrons. The second-order valence-corrected chi connectivity index (χ2v) is 4.56. The summed E-state index contributed by atoms with van der Waals surface area (Å²) in [5.41, 5.74) is 1.64. The van der Waals surface area contributed by atoms with Gasteiger partial charge in [-0.25, -0.2) is 0 Å². The molecule has 0 N–H and O–H groups in total. The molecule has 0 spiro atoms. The van der Waals surface area contributed by atoms with Crippen LogP contribution in [-0.2, 0) is 4.74 Å². The van der Waals surface area contributed by atoms with Gasteiger partial charge in [0.1, 0.15) is 11.5 Å². The summed E-state index contributed by atoms with van der Waals surface area (Å²) >= 11 is 0. The van der Waals surface area contributed by atoms with Crippen LogP contribution in [0.2, 0.25) is 0 Å². The quantitative estimate of drug-likeness (QED) is 0.744. The highest BCUT2D eigenvalue weighted by Crippen LogP contribution is 2.24. The van der Waals surface area contributed by atoms with Crippen molar-refractivity contribution in [2.45, 2.75) is 13.3 Å². The minimum Gasteiger partial charge on any atom is -0.457 e. The molecule has 0 aliphatic heterocycles. The van der Waals surface area contributed by atoms with Crippen LogP contribution in [0.3, 0.4) is 0 Å². The molecule has 3 heteroatoms. The minimum absolute atomic E-state index is 0.0932. The van der Waals surface area contributed by atoms with E-state index in [0.717, 1.165) is 22.6 Å². The van der Waals surface area contributed by atoms with E-state index >= 15 is 0 Å². The van der Waals surface area contributed by atoms with Gasteiger partial charge in [0.25, 0.3) is 0 Å². The fourth-order valence-electron chi connectivity index (χ4n) is 1.97. The van der Waals surface area contributed by atoms with Crippen LogP contribution in [0, 0.1) is 6.92 Å². The Balaban J connectivity index is 2.11. The van der Waals surface area contributed by atoms with Crippen molar-refractivity contribution in [3.05, 3.63) is 59.7 Å². The van der Waals surface area contributed by atoms with Crippen LogP contribution < -0.4 is 4.74 Å². The van der Waals surface area contributed by atoms with Gasteiger partial charge in [-0.3, -0.25) is 4.79 Å². The van der Waals surface area contributed by atoms with Gasteiger partial charge >= 0.3 is 0 Å². The fourth-order valence-corrected chi connectivity index (χ4v) is 1.97. The smallest absolute Gasteiger partial charge is 0.165 e. The summed E-state index contributed by atoms with van der Waals surface area (Å²) in [6.45, 7) is 2.36. The number of benzene rings is 2. The zero-order valence-electron chi connectivity index (χ0n) is 11.8. The first-order valence-electron chi connectivity index (χ1n) is 6.56. The highest BCUT2D eigenvalue weighted by Gasteiger charge is 2.10. The number of carbonyl (C=O) groups is 1. The Morgan fingerprint density at radius 3 is 2.45 bits per heavy atom. The largest absolute Gasteiger partial charge is 0.457 e. The lowest BCUT2D eigenvalue weighted by molar-refractivity contribution is 0.0931. The average Bonchev–Trinajstić information content (AvgIpc) is 2.46. The van der Waals surface area contributed by atoms with Crippen molar-refractivity contribution < 1.29 is 14.3 Å². The number of rotatable bonds is 6. The molecule has 2 aromatic carbocycles. The van der Waals surface area contributed by atoms with E-state index in [0.29, 0.717) is 13.0 Å². The third-order valence-corrected chi connectivity index (χ3v) is 3.01. The van der Waals surface area contributed by atoms with Crippen molar-refractivity contribution in [2.24, 2.45) is 0 Å². The van der Waals surface area contributed by atoms with E-state index in [1.165, 1.54) is 0 Å². The summed E-state index contributed by atoms with van der Waals surface area (Å²) in [6, 6.07) is 15.1. The van der Waals surface area contributed by atoms with Crippen LogP contribution in [0.15, 0.2) is 48.5 Å². The molecule has 0 unspecified atom stereocenters. The molecule has 2 aromatic rings. The number of methoxy groups -OCH3 is 1. The number of carbonyl (C=O) groups excluding carboxylic acids is 1. The molecule has 0 amide bonds. The number of para-hydroxylation sites is 1. The van der Waals surface area contributed by atoms with Gasteiger partial charge in [0.05, 0.1) is 6.61 Å². The maximum absolute atomic E-state index is 12.0. The molecular weight excluding hydrogens is 252 g/mol. The Morgan fingerprint density at radius 1 is 1.05 bits per heavy atom. The monoisotopic (exact) mass is 270 g/mol. The van der Waals surface area contributed by atoms with Crippen molar-refractivity contribution in [3.63, 3.8) is 0 Å². The molecule has 0 aromatic heterocycles. The lowest BCUT2D eigenvalue weighted by atomic mass is 10.0. The van der Waals surface area contributed by atoms with E-state index in [2.05, 4.69) is 0 Å². The summed E-state index contributed by atoms with van der Waals surface area (Å²) < 4.78 is 10.7. The van der Waals surface area contributed by atoms with Crippen LogP contribution in [0.4, 0.5) is 0 Å². The first-order valence-corrected chi connectivity index (χ1v) is 6.56. The number of ketones is 1. The molecule has 0 aliphatic carbocycles. The van der Waals surface area contributed by atoms with E-state index in [4.69, 9.17) is 9.47 Å². The summed E-state index contributed by atoms with van der Waals surface area (Å²) in [7, 11) is 1.59. The second kappa shape index (κ2) is 6.87. The van der Waals surface area contributed by atoms with E-state index in [9.17, 15) is 4.79 Å². The maximum atomic E-state index is 12.0. The molecule has 0 fully saturated rings. The number of ether oxygens (including phenoxy) is 2. The molecule has 0 atom stereocenters. The Hall–Kier alpha value is -2.13. The Morgan fingerprint density at radius 2 is 1.80 bits per heavy atom. The molecule has 2 rings (SSSR count). The number of Topliss-reactive ketones (excluding diaryl/α,β-unsaturated/α-hetero) is 1. The molecule has 20 heavy (non-hydrogen) atoms. The predicted molar refractivity (Wildman–Crippen MR) is 78.5 cm³/mol. The fraction of sp³-hybridized carbons (Fsp3) is 0.235. The van der Waals surface area contributed by atoms with Crippen molar-refractivity contribution in [2.75, 3.05) is 13.7 Å². The Kier molecular flexibility index (Phi) is 4.91. The number of hydrogen-bond acceptors (Lipinski definition) is 3. The van der Waals surface area contributed by atoms with Gasteiger partial charge in [0, 0.05) is 19.1 Å². The van der Waals surface area contributed by atoms with Gasteiger partial charge in [-0.1, -0.05) is 18.2 Å². The summed E-state index contributed by atoms with van der Waals surface area (Å²) in [4.78, 5) is 12.0. The van der Waals surface area contributed by atoms with Crippen molar-refractivity contribution in [1.29, 1.82) is 0 Å². The van der Waals surface area contributed by atoms with Gasteiger partial charge < -0.3 is 9.47 Å². The van der Waals surface area contributed by atoms with Crippen LogP contribution in [0.1, 0.15) is 22.3 Å². The topological polar surface area (TPSA) is 35.5 Å². The van der Waals surface area contributed by atoms with Gasteiger partial charge in [0.2, 0.25) is 0 Å². The van der Waals surface area contributed by atoms with E-state index < -0.39 is 0 Å². The molecule has 3 nitrogen and oxygen atoms in total. The molecule has 0 heterocycles. The maximum Gasteiger partial charge on any atom is 0.165 e. The first-order chi connectivity index (χ1) is 9.70. The van der Waals surface area contributed by atoms with Crippen LogP contribution in [0.25, 0.3) is 0 Å². The summed E-state index contributed by atoms with van der Waals surface area (Å²) in [5, 5.41) is 0. The van der Waals surface area contributed by atoms with Crippen molar-refractivity contribution >= 4 is 5.78 Å². The summed E-state index contributed by atoms with van der Waals surface area (Å²) in [6.07, 6.45) is 0.399. The van der Waals surface area contributed by atoms with E-state index in [1.807, 2.05) is 55.5 Å². The highest BCUT2D eigenvalue weighted by atomic mass is 16.5. The van der Waals surface area contributed by atoms with Gasteiger partial charge in [0.15, 0.2) is 5.78 Å². The van der Waals surface area contributed by atoms with Gasteiger partial charge in [-0.05, 0) is 42.8 Å². The Labute approximate surface area is 119 Å². The second-order valence-electron chi connectivity index (χ2n) is 4.56. The van der Waals surface area contributed by atoms with E-state index in [1.54, 1.807) is 7.11 Å². The zero-order chi connectivity index (χ0) is 14.4. The third-order valence-electron chi connectivity index (χ3n) is 3.01. The molecule has 0 aliphatic rings. The predicted octanol–water partition coefficient (Wildman–Crippen LogP) is 4.01. The lowest BCUT2D eigenvalue weighted by Gasteiger charge is -2.09. The highest BCUT2D eigenvalue weighted by molar-refractivity contribution is 5.97. The van der Waals surface area contributed by atoms with Gasteiger partial charge in [-0.15, -0.1) is 0 Å². The molecular formula is C17H18O3. The van der Waals surface area contributed by atoms with Crippen molar-refractivity contribution in [1.82, 2.24) is 0 Å². The average molecular weight is 270 g/mol. The third kappa shape index (κ3) is 3.68.